The van der Waals surface area contributed by atoms with Crippen molar-refractivity contribution in [3.63, 3.8) is 0 Å². The molecule has 20 heavy (non-hydrogen) atoms. The molecule has 2 rings (SSSR count). The Morgan fingerprint density at radius 3 is 2.95 bits per heavy atom. The zero-order valence-corrected chi connectivity index (χ0v) is 11.6. The maximum atomic E-state index is 11.7. The summed E-state index contributed by atoms with van der Waals surface area (Å²) in [6.07, 6.45) is 6.04. The number of hydrogen-bond donors (Lipinski definition) is 2. The Balaban J connectivity index is 1.92. The van der Waals surface area contributed by atoms with Crippen LogP contribution in [0, 0.1) is 6.92 Å². The zero-order chi connectivity index (χ0) is 14.5. The van der Waals surface area contributed by atoms with Crippen LogP contribution in [-0.4, -0.2) is 26.8 Å². The van der Waals surface area contributed by atoms with E-state index in [0.29, 0.717) is 5.69 Å². The molecule has 104 valence electrons. The molecule has 0 saturated heterocycles. The highest BCUT2D eigenvalue weighted by molar-refractivity contribution is 7.12. The minimum Gasteiger partial charge on any atom is -0.480 e. The third-order valence-corrected chi connectivity index (χ3v) is 3.32. The van der Waals surface area contributed by atoms with Gasteiger partial charge in [0, 0.05) is 22.0 Å². The van der Waals surface area contributed by atoms with E-state index in [4.69, 9.17) is 5.11 Å². The van der Waals surface area contributed by atoms with Crippen LogP contribution in [0.2, 0.25) is 0 Å². The molecule has 2 aromatic heterocycles. The molecule has 0 spiro atoms. The second kappa shape index (κ2) is 6.16. The van der Waals surface area contributed by atoms with Gasteiger partial charge in [0.25, 0.3) is 0 Å². The fraction of sp³-hybridized carbons (Fsp3) is 0.154. The van der Waals surface area contributed by atoms with E-state index in [1.165, 1.54) is 28.0 Å². The summed E-state index contributed by atoms with van der Waals surface area (Å²) >= 11 is 1.60. The monoisotopic (exact) mass is 291 g/mol. The molecule has 0 aliphatic carbocycles. The van der Waals surface area contributed by atoms with Gasteiger partial charge >= 0.3 is 5.97 Å². The van der Waals surface area contributed by atoms with Crippen molar-refractivity contribution in [1.29, 1.82) is 0 Å². The first-order chi connectivity index (χ1) is 9.52. The lowest BCUT2D eigenvalue weighted by Gasteiger charge is -1.96. The lowest BCUT2D eigenvalue weighted by Crippen LogP contribution is -2.09. The summed E-state index contributed by atoms with van der Waals surface area (Å²) in [6.45, 7) is 1.76. The minimum atomic E-state index is -0.987. The number of anilines is 1. The summed E-state index contributed by atoms with van der Waals surface area (Å²) in [6, 6.07) is 3.92. The van der Waals surface area contributed by atoms with Gasteiger partial charge in [-0.3, -0.25) is 14.3 Å². The largest absolute Gasteiger partial charge is 0.480 e. The fourth-order valence-electron chi connectivity index (χ4n) is 1.54. The molecule has 2 N–H and O–H groups in total. The number of aliphatic carboxylic acids is 1. The highest BCUT2D eigenvalue weighted by atomic mass is 32.1. The zero-order valence-electron chi connectivity index (χ0n) is 10.7. The van der Waals surface area contributed by atoms with Gasteiger partial charge in [0.2, 0.25) is 5.91 Å². The van der Waals surface area contributed by atoms with E-state index in [2.05, 4.69) is 10.4 Å². The van der Waals surface area contributed by atoms with E-state index >= 15 is 0 Å². The fourth-order valence-corrected chi connectivity index (χ4v) is 2.32. The maximum Gasteiger partial charge on any atom is 0.325 e. The predicted octanol–water partition coefficient (Wildman–Crippen LogP) is 1.99. The molecule has 2 aromatic rings. The summed E-state index contributed by atoms with van der Waals surface area (Å²) in [5, 5.41) is 15.1. The second-order valence-corrected chi connectivity index (χ2v) is 5.41. The van der Waals surface area contributed by atoms with Gasteiger partial charge in [0.05, 0.1) is 11.9 Å². The molecule has 1 amide bonds. The van der Waals surface area contributed by atoms with Crippen molar-refractivity contribution < 1.29 is 14.7 Å². The predicted molar refractivity (Wildman–Crippen MR) is 76.6 cm³/mol. The smallest absolute Gasteiger partial charge is 0.325 e. The number of rotatable bonds is 5. The van der Waals surface area contributed by atoms with Crippen LogP contribution in [0.25, 0.3) is 6.08 Å². The number of amides is 1. The molecule has 2 heterocycles. The molecule has 0 radical (unpaired) electrons. The van der Waals surface area contributed by atoms with Gasteiger partial charge in [-0.2, -0.15) is 5.10 Å². The van der Waals surface area contributed by atoms with Gasteiger partial charge < -0.3 is 10.4 Å². The molecule has 0 unspecified atom stereocenters. The van der Waals surface area contributed by atoms with Gasteiger partial charge in [-0.15, -0.1) is 11.3 Å². The average molecular weight is 291 g/mol. The second-order valence-electron chi connectivity index (χ2n) is 4.09. The Morgan fingerprint density at radius 1 is 1.50 bits per heavy atom. The molecule has 0 atom stereocenters. The molecule has 0 bridgehead atoms. The van der Waals surface area contributed by atoms with Crippen LogP contribution in [0.5, 0.6) is 0 Å². The molecule has 0 aliphatic rings. The maximum absolute atomic E-state index is 11.7. The molecular formula is C13H13N3O3S. The summed E-state index contributed by atoms with van der Waals surface area (Å²) in [5.41, 5.74) is 0.461. The summed E-state index contributed by atoms with van der Waals surface area (Å²) in [4.78, 5) is 24.4. The van der Waals surface area contributed by atoms with Crippen LogP contribution >= 0.6 is 11.3 Å². The van der Waals surface area contributed by atoms with Crippen molar-refractivity contribution in [1.82, 2.24) is 9.78 Å². The van der Waals surface area contributed by atoms with Crippen LogP contribution in [0.4, 0.5) is 5.69 Å². The van der Waals surface area contributed by atoms with Crippen molar-refractivity contribution in [2.45, 2.75) is 13.5 Å². The van der Waals surface area contributed by atoms with Crippen LogP contribution in [-0.2, 0) is 16.1 Å². The van der Waals surface area contributed by atoms with Crippen molar-refractivity contribution in [3.8, 4) is 0 Å². The number of carbonyl (C=O) groups excluding carboxylic acids is 1. The number of thiophene rings is 1. The van der Waals surface area contributed by atoms with E-state index in [1.54, 1.807) is 17.4 Å². The van der Waals surface area contributed by atoms with E-state index in [1.807, 2.05) is 19.1 Å². The average Bonchev–Trinajstić information content (AvgIpc) is 2.95. The van der Waals surface area contributed by atoms with Gasteiger partial charge in [-0.1, -0.05) is 0 Å². The number of carbonyl (C=O) groups is 2. The quantitative estimate of drug-likeness (QED) is 0.825. The van der Waals surface area contributed by atoms with Crippen LogP contribution in [0.1, 0.15) is 9.75 Å². The van der Waals surface area contributed by atoms with Crippen molar-refractivity contribution in [3.05, 3.63) is 40.4 Å². The summed E-state index contributed by atoms with van der Waals surface area (Å²) < 4.78 is 1.24. The standard InChI is InChI=1S/C13H13N3O3S/c1-9-2-3-11(20-9)4-5-12(17)15-10-6-14-16(7-10)8-13(18)19/h2-7H,8H2,1H3,(H,15,17)(H,18,19)/b5-4+. The first kappa shape index (κ1) is 14.0. The molecule has 0 aliphatic heterocycles. The van der Waals surface area contributed by atoms with E-state index < -0.39 is 5.97 Å². The normalized spacial score (nSPS) is 10.8. The molecule has 7 heteroatoms. The van der Waals surface area contributed by atoms with Crippen LogP contribution < -0.4 is 5.32 Å². The number of carboxylic acids is 1. The summed E-state index contributed by atoms with van der Waals surface area (Å²) in [7, 11) is 0. The number of carboxylic acid groups (broad SMARTS) is 1. The summed E-state index contributed by atoms with van der Waals surface area (Å²) in [5.74, 6) is -1.27. The van der Waals surface area contributed by atoms with E-state index in [-0.39, 0.29) is 12.5 Å². The lowest BCUT2D eigenvalue weighted by atomic mass is 10.4. The first-order valence-electron chi connectivity index (χ1n) is 5.82. The van der Waals surface area contributed by atoms with Crippen molar-refractivity contribution in [2.75, 3.05) is 5.32 Å². The molecule has 6 nitrogen and oxygen atoms in total. The molecule has 0 saturated carbocycles. The van der Waals surface area contributed by atoms with Crippen molar-refractivity contribution in [2.24, 2.45) is 0 Å². The Hall–Kier alpha value is -2.41. The van der Waals surface area contributed by atoms with Gasteiger partial charge in [0.15, 0.2) is 0 Å². The Labute approximate surface area is 119 Å². The molecular weight excluding hydrogens is 278 g/mol. The Bertz CT molecular complexity index is 657. The SMILES string of the molecule is Cc1ccc(/C=C/C(=O)Nc2cnn(CC(=O)O)c2)s1. The highest BCUT2D eigenvalue weighted by Gasteiger charge is 2.04. The number of nitrogens with zero attached hydrogens (tertiary/aromatic N) is 2. The van der Waals surface area contributed by atoms with Gasteiger partial charge in [-0.05, 0) is 25.1 Å². The van der Waals surface area contributed by atoms with Crippen LogP contribution in [0.3, 0.4) is 0 Å². The topological polar surface area (TPSA) is 84.2 Å². The number of aryl methyl sites for hydroxylation is 1. The number of hydrogen-bond acceptors (Lipinski definition) is 4. The minimum absolute atomic E-state index is 0.236. The number of aromatic nitrogens is 2. The Morgan fingerprint density at radius 2 is 2.30 bits per heavy atom. The third kappa shape index (κ3) is 4.06. The van der Waals surface area contributed by atoms with Crippen LogP contribution in [0.15, 0.2) is 30.6 Å². The van der Waals surface area contributed by atoms with Gasteiger partial charge in [0.1, 0.15) is 6.54 Å². The third-order valence-electron chi connectivity index (χ3n) is 2.36. The van der Waals surface area contributed by atoms with E-state index in [9.17, 15) is 9.59 Å². The number of nitrogens with one attached hydrogen (secondary N) is 1. The highest BCUT2D eigenvalue weighted by Crippen LogP contribution is 2.16. The van der Waals surface area contributed by atoms with Gasteiger partial charge in [-0.25, -0.2) is 0 Å². The van der Waals surface area contributed by atoms with Crippen molar-refractivity contribution >= 4 is 35.0 Å². The molecule has 0 fully saturated rings. The first-order valence-corrected chi connectivity index (χ1v) is 6.64. The van der Waals surface area contributed by atoms with E-state index in [0.717, 1.165) is 4.88 Å². The Kier molecular flexibility index (Phi) is 4.31. The lowest BCUT2D eigenvalue weighted by molar-refractivity contribution is -0.137. The molecule has 0 aromatic carbocycles.